The lowest BCUT2D eigenvalue weighted by molar-refractivity contribution is -0.783. The summed E-state index contributed by atoms with van der Waals surface area (Å²) < 4.78 is 27.9. The third-order valence-corrected chi connectivity index (χ3v) is 5.84. The summed E-state index contributed by atoms with van der Waals surface area (Å²) in [6.07, 6.45) is 1.45. The van der Waals surface area contributed by atoms with Crippen LogP contribution in [0.25, 0.3) is 0 Å². The second kappa shape index (κ2) is 8.08. The number of hydrogen-bond donors (Lipinski definition) is 1. The van der Waals surface area contributed by atoms with E-state index in [2.05, 4.69) is 0 Å². The fourth-order valence-corrected chi connectivity index (χ4v) is 4.13. The summed E-state index contributed by atoms with van der Waals surface area (Å²) in [5.41, 5.74) is 1.39. The van der Waals surface area contributed by atoms with Crippen molar-refractivity contribution in [3.63, 3.8) is 0 Å². The largest absolute Gasteiger partial charge is 0.290 e. The summed E-state index contributed by atoms with van der Waals surface area (Å²) in [4.78, 5) is 0.195. The maximum absolute atomic E-state index is 12.8. The minimum absolute atomic E-state index is 0.195. The van der Waals surface area contributed by atoms with E-state index in [1.54, 1.807) is 38.1 Å². The van der Waals surface area contributed by atoms with Crippen LogP contribution in [0.3, 0.4) is 0 Å². The average molecular weight is 347 g/mol. The van der Waals surface area contributed by atoms with E-state index in [4.69, 9.17) is 0 Å². The SMILES string of the molecule is CCN(CC)S(=O)(=O)c1ccccc1/C=[N+](\O)Cc1ccccc1. The lowest BCUT2D eigenvalue weighted by Crippen LogP contribution is -2.31. The van der Waals surface area contributed by atoms with Gasteiger partial charge in [0.15, 0.2) is 0 Å². The Kier molecular flexibility index (Phi) is 6.11. The fourth-order valence-electron chi connectivity index (χ4n) is 2.50. The van der Waals surface area contributed by atoms with Gasteiger partial charge in [0.05, 0.1) is 10.5 Å². The molecule has 0 spiro atoms. The zero-order valence-electron chi connectivity index (χ0n) is 14.0. The van der Waals surface area contributed by atoms with Crippen LogP contribution in [0.4, 0.5) is 0 Å². The van der Waals surface area contributed by atoms with Crippen molar-refractivity contribution < 1.29 is 18.4 Å². The highest BCUT2D eigenvalue weighted by atomic mass is 32.2. The molecule has 0 fully saturated rings. The van der Waals surface area contributed by atoms with Gasteiger partial charge in [-0.15, -0.1) is 0 Å². The van der Waals surface area contributed by atoms with Crippen molar-refractivity contribution in [3.05, 3.63) is 65.7 Å². The molecule has 0 aliphatic carbocycles. The molecule has 0 unspecified atom stereocenters. The quantitative estimate of drug-likeness (QED) is 0.363. The molecule has 1 N–H and O–H groups in total. The molecule has 128 valence electrons. The van der Waals surface area contributed by atoms with E-state index < -0.39 is 10.0 Å². The lowest BCUT2D eigenvalue weighted by Gasteiger charge is -2.19. The van der Waals surface area contributed by atoms with Gasteiger partial charge < -0.3 is 0 Å². The zero-order valence-corrected chi connectivity index (χ0v) is 14.8. The summed E-state index contributed by atoms with van der Waals surface area (Å²) in [6.45, 7) is 4.70. The third-order valence-electron chi connectivity index (χ3n) is 3.72. The molecule has 0 aromatic heterocycles. The number of sulfonamides is 1. The van der Waals surface area contributed by atoms with E-state index in [0.29, 0.717) is 18.7 Å². The summed E-state index contributed by atoms with van der Waals surface area (Å²) in [5, 5.41) is 10.2. The molecule has 0 saturated carbocycles. The van der Waals surface area contributed by atoms with Crippen LogP contribution in [0, 0.1) is 0 Å². The smallest absolute Gasteiger partial charge is 0.243 e. The van der Waals surface area contributed by atoms with Crippen LogP contribution in [-0.2, 0) is 16.6 Å². The molecule has 0 bridgehead atoms. The molecular weight excluding hydrogens is 324 g/mol. The Bertz CT molecular complexity index is 798. The molecule has 2 aromatic rings. The molecule has 0 aliphatic heterocycles. The molecule has 0 heterocycles. The molecule has 0 amide bonds. The predicted molar refractivity (Wildman–Crippen MR) is 93.9 cm³/mol. The highest BCUT2D eigenvalue weighted by Gasteiger charge is 2.25. The highest BCUT2D eigenvalue weighted by molar-refractivity contribution is 7.89. The van der Waals surface area contributed by atoms with E-state index in [1.807, 2.05) is 30.3 Å². The average Bonchev–Trinajstić information content (AvgIpc) is 2.57. The first kappa shape index (κ1) is 18.2. The van der Waals surface area contributed by atoms with Crippen molar-refractivity contribution in [2.24, 2.45) is 0 Å². The maximum Gasteiger partial charge on any atom is 0.243 e. The highest BCUT2D eigenvalue weighted by Crippen LogP contribution is 2.18. The van der Waals surface area contributed by atoms with Crippen LogP contribution in [0.15, 0.2) is 59.5 Å². The van der Waals surface area contributed by atoms with E-state index in [9.17, 15) is 13.6 Å². The van der Waals surface area contributed by atoms with Gasteiger partial charge in [-0.2, -0.15) is 4.31 Å². The molecule has 24 heavy (non-hydrogen) atoms. The van der Waals surface area contributed by atoms with E-state index >= 15 is 0 Å². The summed E-state index contributed by atoms with van der Waals surface area (Å²) in [6, 6.07) is 16.2. The molecular formula is C18H23N2O3S+. The molecule has 5 nitrogen and oxygen atoms in total. The first-order valence-corrected chi connectivity index (χ1v) is 9.36. The van der Waals surface area contributed by atoms with Crippen LogP contribution in [0.2, 0.25) is 0 Å². The van der Waals surface area contributed by atoms with Crippen molar-refractivity contribution >= 4 is 16.2 Å². The summed E-state index contributed by atoms with van der Waals surface area (Å²) >= 11 is 0. The second-order valence-electron chi connectivity index (χ2n) is 5.34. The molecule has 0 saturated heterocycles. The molecule has 0 aliphatic rings. The Hall–Kier alpha value is -2.18. The van der Waals surface area contributed by atoms with Crippen molar-refractivity contribution in [3.8, 4) is 0 Å². The van der Waals surface area contributed by atoms with Gasteiger partial charge in [0.1, 0.15) is 0 Å². The van der Waals surface area contributed by atoms with Crippen LogP contribution in [0.5, 0.6) is 0 Å². The van der Waals surface area contributed by atoms with Crippen molar-refractivity contribution in [1.82, 2.24) is 4.31 Å². The summed E-state index contributed by atoms with van der Waals surface area (Å²) in [5.74, 6) is 0. The Morgan fingerprint density at radius 3 is 2.21 bits per heavy atom. The Morgan fingerprint density at radius 2 is 1.58 bits per heavy atom. The zero-order chi connectivity index (χ0) is 17.6. The topological polar surface area (TPSA) is 60.6 Å². The molecule has 0 atom stereocenters. The van der Waals surface area contributed by atoms with Gasteiger partial charge in [-0.25, -0.2) is 8.42 Å². The number of rotatable bonds is 7. The second-order valence-corrected chi connectivity index (χ2v) is 7.25. The maximum atomic E-state index is 12.8. The van der Waals surface area contributed by atoms with Crippen LogP contribution < -0.4 is 0 Å². The van der Waals surface area contributed by atoms with Gasteiger partial charge in [0.2, 0.25) is 22.8 Å². The van der Waals surface area contributed by atoms with E-state index in [1.165, 1.54) is 10.5 Å². The van der Waals surface area contributed by atoms with E-state index in [-0.39, 0.29) is 11.4 Å². The number of nitrogens with zero attached hydrogens (tertiary/aromatic N) is 2. The van der Waals surface area contributed by atoms with Crippen molar-refractivity contribution in [2.45, 2.75) is 25.3 Å². The minimum atomic E-state index is -3.59. The molecule has 6 heteroatoms. The first-order chi connectivity index (χ1) is 11.5. The number of hydrogen-bond acceptors (Lipinski definition) is 3. The third kappa shape index (κ3) is 4.21. The Morgan fingerprint density at radius 1 is 1.00 bits per heavy atom. The monoisotopic (exact) mass is 347 g/mol. The Balaban J connectivity index is 2.37. The number of benzene rings is 2. The standard InChI is InChI=1S/C18H23N2O3S/c1-3-20(4-2)24(22,23)18-13-9-8-12-17(18)15-19(21)14-16-10-6-5-7-11-16/h5-13,15,21H,3-4,14H2,1-2H3/q+1/b19-15-. The Labute approximate surface area is 143 Å². The van der Waals surface area contributed by atoms with Crippen molar-refractivity contribution in [1.29, 1.82) is 0 Å². The van der Waals surface area contributed by atoms with Gasteiger partial charge in [-0.1, -0.05) is 56.3 Å². The molecule has 2 aromatic carbocycles. The normalized spacial score (nSPS) is 12.5. The van der Waals surface area contributed by atoms with Gasteiger partial charge in [-0.05, 0) is 16.9 Å². The minimum Gasteiger partial charge on any atom is -0.290 e. The predicted octanol–water partition coefficient (Wildman–Crippen LogP) is 2.74. The van der Waals surface area contributed by atoms with Gasteiger partial charge in [0, 0.05) is 18.7 Å². The van der Waals surface area contributed by atoms with Crippen LogP contribution in [0.1, 0.15) is 25.0 Å². The van der Waals surface area contributed by atoms with E-state index in [0.717, 1.165) is 10.3 Å². The molecule has 0 radical (unpaired) electrons. The summed E-state index contributed by atoms with van der Waals surface area (Å²) in [7, 11) is -3.59. The lowest BCUT2D eigenvalue weighted by atomic mass is 10.2. The van der Waals surface area contributed by atoms with Crippen LogP contribution >= 0.6 is 0 Å². The number of hydroxylamine groups is 1. The van der Waals surface area contributed by atoms with Crippen molar-refractivity contribution in [2.75, 3.05) is 13.1 Å². The fraction of sp³-hybridized carbons (Fsp3) is 0.278. The molecule has 2 rings (SSSR count). The van der Waals surface area contributed by atoms with Crippen LogP contribution in [-0.4, -0.2) is 42.0 Å². The van der Waals surface area contributed by atoms with Gasteiger partial charge in [0.25, 0.3) is 0 Å². The van der Waals surface area contributed by atoms with Gasteiger partial charge >= 0.3 is 0 Å². The first-order valence-electron chi connectivity index (χ1n) is 7.92. The van der Waals surface area contributed by atoms with Gasteiger partial charge in [-0.3, -0.25) is 5.21 Å².